The van der Waals surface area contributed by atoms with Crippen LogP contribution < -0.4 is 10.6 Å². The number of phenols is 1. The molecule has 0 spiro atoms. The van der Waals surface area contributed by atoms with Crippen LogP contribution in [-0.2, 0) is 24.6 Å². The molecule has 0 aliphatic heterocycles. The summed E-state index contributed by atoms with van der Waals surface area (Å²) in [5, 5.41) is 32.1. The highest BCUT2D eigenvalue weighted by molar-refractivity contribution is 5.91. The number of amides is 2. The van der Waals surface area contributed by atoms with Gasteiger partial charge in [-0.25, -0.2) is 9.59 Å². The monoisotopic (exact) mass is 603 g/mol. The van der Waals surface area contributed by atoms with Gasteiger partial charge in [-0.3, -0.25) is 9.59 Å². The second-order valence-corrected chi connectivity index (χ2v) is 11.9. The Morgan fingerprint density at radius 3 is 1.71 bits per heavy atom. The molecule has 0 aromatic heterocycles. The number of aromatic hydroxyl groups is 1. The Kier molecular flexibility index (Phi) is 13.7. The van der Waals surface area contributed by atoms with Crippen molar-refractivity contribution in [2.45, 2.75) is 85.1 Å². The Balaban J connectivity index is 0.00000212. The van der Waals surface area contributed by atoms with Gasteiger partial charge in [-0.05, 0) is 43.0 Å². The molecule has 0 bridgehead atoms. The number of nitrogens with zero attached hydrogens (tertiary/aromatic N) is 1. The highest BCUT2D eigenvalue weighted by Crippen LogP contribution is 2.30. The van der Waals surface area contributed by atoms with Crippen LogP contribution in [0.25, 0.3) is 0 Å². The van der Waals surface area contributed by atoms with Crippen molar-refractivity contribution in [2.75, 3.05) is 14.1 Å². The number of rotatable bonds is 10. The van der Waals surface area contributed by atoms with Gasteiger partial charge in [-0.2, -0.15) is 13.2 Å². The predicted octanol–water partition coefficient (Wildman–Crippen LogP) is 3.94. The maximum Gasteiger partial charge on any atom is 0.490 e. The SMILES string of the molecule is CNC(C(=O)NC(C(=O)N(C)C(/C=C(\C)C(=O)O)C(C)C)C(C)(C)C)C(C)(C)c1ccc(O)cc1.O=C(O)C(F)(F)F. The van der Waals surface area contributed by atoms with E-state index in [1.807, 2.05) is 48.5 Å². The molecule has 1 aromatic rings. The van der Waals surface area contributed by atoms with Gasteiger partial charge in [-0.1, -0.05) is 66.7 Å². The number of hydrogen-bond acceptors (Lipinski definition) is 6. The van der Waals surface area contributed by atoms with Crippen molar-refractivity contribution in [3.63, 3.8) is 0 Å². The average Bonchev–Trinajstić information content (AvgIpc) is 2.84. The molecule has 0 saturated heterocycles. The first-order valence-electron chi connectivity index (χ1n) is 13.1. The number of halogens is 3. The van der Waals surface area contributed by atoms with E-state index in [0.29, 0.717) is 0 Å². The van der Waals surface area contributed by atoms with E-state index >= 15 is 0 Å². The zero-order valence-corrected chi connectivity index (χ0v) is 25.8. The van der Waals surface area contributed by atoms with E-state index in [1.165, 1.54) is 11.8 Å². The lowest BCUT2D eigenvalue weighted by Crippen LogP contribution is -2.61. The van der Waals surface area contributed by atoms with Crippen LogP contribution in [0.1, 0.15) is 61.0 Å². The molecule has 5 N–H and O–H groups in total. The molecule has 10 nitrogen and oxygen atoms in total. The first-order chi connectivity index (χ1) is 18.9. The molecule has 0 saturated carbocycles. The third-order valence-corrected chi connectivity index (χ3v) is 6.76. The first-order valence-corrected chi connectivity index (χ1v) is 13.1. The number of carbonyl (C=O) groups is 4. The number of aliphatic carboxylic acids is 2. The highest BCUT2D eigenvalue weighted by atomic mass is 19.4. The summed E-state index contributed by atoms with van der Waals surface area (Å²) in [7, 11) is 3.33. The van der Waals surface area contributed by atoms with Gasteiger partial charge in [0.25, 0.3) is 0 Å². The van der Waals surface area contributed by atoms with E-state index in [4.69, 9.17) is 9.90 Å². The summed E-state index contributed by atoms with van der Waals surface area (Å²) >= 11 is 0. The third kappa shape index (κ3) is 11.0. The maximum atomic E-state index is 13.7. The lowest BCUT2D eigenvalue weighted by atomic mass is 9.76. The van der Waals surface area contributed by atoms with Gasteiger partial charge in [0.05, 0.1) is 12.1 Å². The van der Waals surface area contributed by atoms with E-state index in [0.717, 1.165) is 5.56 Å². The van der Waals surface area contributed by atoms with E-state index in [1.54, 1.807) is 44.4 Å². The Bertz CT molecular complexity index is 1120. The summed E-state index contributed by atoms with van der Waals surface area (Å²) in [6, 6.07) is 4.76. The molecule has 0 radical (unpaired) electrons. The second kappa shape index (κ2) is 15.0. The lowest BCUT2D eigenvalue weighted by molar-refractivity contribution is -0.192. The van der Waals surface area contributed by atoms with Crippen molar-refractivity contribution in [2.24, 2.45) is 11.3 Å². The van der Waals surface area contributed by atoms with Crippen molar-refractivity contribution in [1.82, 2.24) is 15.5 Å². The minimum atomic E-state index is -5.08. The molecule has 0 aliphatic carbocycles. The topological polar surface area (TPSA) is 156 Å². The average molecular weight is 604 g/mol. The number of benzene rings is 1. The summed E-state index contributed by atoms with van der Waals surface area (Å²) in [4.78, 5) is 49.0. The molecule has 1 aromatic carbocycles. The fraction of sp³-hybridized carbons (Fsp3) is 0.586. The fourth-order valence-corrected chi connectivity index (χ4v) is 4.18. The minimum Gasteiger partial charge on any atom is -0.508 e. The van der Waals surface area contributed by atoms with Gasteiger partial charge < -0.3 is 30.9 Å². The molecule has 0 heterocycles. The number of alkyl halides is 3. The van der Waals surface area contributed by atoms with Crippen LogP contribution in [-0.4, -0.2) is 82.4 Å². The number of carbonyl (C=O) groups excluding carboxylic acids is 2. The molecule has 2 amide bonds. The van der Waals surface area contributed by atoms with E-state index < -0.39 is 47.1 Å². The van der Waals surface area contributed by atoms with Gasteiger partial charge in [0.15, 0.2) is 0 Å². The second-order valence-electron chi connectivity index (χ2n) is 11.9. The zero-order valence-electron chi connectivity index (χ0n) is 25.8. The zero-order chi connectivity index (χ0) is 33.4. The van der Waals surface area contributed by atoms with Gasteiger partial charge in [0, 0.05) is 18.0 Å². The quantitative estimate of drug-likeness (QED) is 0.252. The molecular formula is C29H44F3N3O7. The maximum absolute atomic E-state index is 13.7. The van der Waals surface area contributed by atoms with Crippen molar-refractivity contribution in [1.29, 1.82) is 0 Å². The number of hydrogen-bond donors (Lipinski definition) is 5. The number of nitrogens with one attached hydrogen (secondary N) is 2. The summed E-state index contributed by atoms with van der Waals surface area (Å²) in [6.45, 7) is 14.8. The van der Waals surface area contributed by atoms with Gasteiger partial charge in [0.2, 0.25) is 11.8 Å². The molecule has 3 unspecified atom stereocenters. The Morgan fingerprint density at radius 2 is 1.38 bits per heavy atom. The summed E-state index contributed by atoms with van der Waals surface area (Å²) < 4.78 is 31.7. The van der Waals surface area contributed by atoms with Crippen LogP contribution in [0.2, 0.25) is 0 Å². The van der Waals surface area contributed by atoms with Crippen LogP contribution in [0.3, 0.4) is 0 Å². The van der Waals surface area contributed by atoms with Gasteiger partial charge >= 0.3 is 18.1 Å². The Hall–Kier alpha value is -3.61. The standard InChI is InChI=1S/C27H43N3O5.C2HF3O2/c1-16(2)20(15-17(3)25(34)35)30(10)24(33)22(26(4,5)6)29-23(32)21(28-9)27(7,8)18-11-13-19(31)14-12-18;3-2(4,5)1(6)7/h11-16,20-22,28,31H,1-10H3,(H,29,32)(H,34,35);(H,6,7)/b17-15+;. The van der Waals surface area contributed by atoms with Crippen molar-refractivity contribution in [3.8, 4) is 5.75 Å². The molecule has 238 valence electrons. The van der Waals surface area contributed by atoms with Crippen LogP contribution in [0.4, 0.5) is 13.2 Å². The number of likely N-dealkylation sites (N-methyl/N-ethyl adjacent to an activating group) is 2. The Labute approximate surface area is 245 Å². The van der Waals surface area contributed by atoms with Crippen molar-refractivity contribution < 1.29 is 47.7 Å². The van der Waals surface area contributed by atoms with Gasteiger partial charge in [0.1, 0.15) is 11.8 Å². The highest BCUT2D eigenvalue weighted by Gasteiger charge is 2.42. The molecule has 1 rings (SSSR count). The molecule has 0 aliphatic rings. The Morgan fingerprint density at radius 1 is 0.929 bits per heavy atom. The van der Waals surface area contributed by atoms with Crippen LogP contribution in [0, 0.1) is 11.3 Å². The van der Waals surface area contributed by atoms with Crippen LogP contribution in [0.5, 0.6) is 5.75 Å². The normalized spacial score (nSPS) is 14.7. The predicted molar refractivity (Wildman–Crippen MR) is 152 cm³/mol. The van der Waals surface area contributed by atoms with Crippen LogP contribution >= 0.6 is 0 Å². The smallest absolute Gasteiger partial charge is 0.490 e. The largest absolute Gasteiger partial charge is 0.508 e. The molecule has 13 heteroatoms. The molecule has 42 heavy (non-hydrogen) atoms. The molecular weight excluding hydrogens is 559 g/mol. The van der Waals surface area contributed by atoms with Crippen LogP contribution in [0.15, 0.2) is 35.9 Å². The fourth-order valence-electron chi connectivity index (χ4n) is 4.18. The molecule has 3 atom stereocenters. The van der Waals surface area contributed by atoms with Crippen molar-refractivity contribution in [3.05, 3.63) is 41.5 Å². The van der Waals surface area contributed by atoms with E-state index in [-0.39, 0.29) is 29.1 Å². The number of carboxylic acids is 2. The third-order valence-electron chi connectivity index (χ3n) is 6.76. The van der Waals surface area contributed by atoms with Crippen molar-refractivity contribution >= 4 is 23.8 Å². The minimum absolute atomic E-state index is 0.0342. The lowest BCUT2D eigenvalue weighted by Gasteiger charge is -2.40. The first kappa shape index (κ1) is 38.4. The van der Waals surface area contributed by atoms with Gasteiger partial charge in [-0.15, -0.1) is 0 Å². The summed E-state index contributed by atoms with van der Waals surface area (Å²) in [6.07, 6.45) is -3.50. The van der Waals surface area contributed by atoms with E-state index in [9.17, 15) is 37.8 Å². The number of phenolic OH excluding ortho intramolecular Hbond substituents is 1. The number of carboxylic acid groups (broad SMARTS) is 2. The summed E-state index contributed by atoms with van der Waals surface area (Å²) in [5.41, 5.74) is -0.235. The van der Waals surface area contributed by atoms with E-state index in [2.05, 4.69) is 10.6 Å². The summed E-state index contributed by atoms with van der Waals surface area (Å²) in [5.74, 6) is -4.31. The molecule has 0 fully saturated rings.